The van der Waals surface area contributed by atoms with Crippen molar-refractivity contribution in [1.82, 2.24) is 0 Å². The zero-order valence-corrected chi connectivity index (χ0v) is 16.7. The van der Waals surface area contributed by atoms with E-state index < -0.39 is 5.41 Å². The minimum atomic E-state index is -0.592. The van der Waals surface area contributed by atoms with Crippen molar-refractivity contribution < 1.29 is 33.5 Å². The first-order valence-corrected chi connectivity index (χ1v) is 7.89. The van der Waals surface area contributed by atoms with E-state index in [2.05, 4.69) is 14.0 Å². The number of nitrogens with zero attached hydrogens (tertiary/aromatic N) is 1. The van der Waals surface area contributed by atoms with Gasteiger partial charge in [0.25, 0.3) is 0 Å². The smallest absolute Gasteiger partial charge is 0.132 e. The number of hydrogen-bond donors (Lipinski definition) is 0. The maximum Gasteiger partial charge on any atom is 0.132 e. The van der Waals surface area contributed by atoms with Crippen molar-refractivity contribution in [3.05, 3.63) is 78.3 Å². The van der Waals surface area contributed by atoms with Crippen molar-refractivity contribution >= 4 is 10.8 Å². The first-order chi connectivity index (χ1) is 11.2. The second-order valence-corrected chi connectivity index (χ2v) is 7.06. The van der Waals surface area contributed by atoms with E-state index in [1.165, 1.54) is 6.07 Å². The summed E-state index contributed by atoms with van der Waals surface area (Å²) in [7, 11) is 4.03. The number of rotatable bonds is 0. The summed E-state index contributed by atoms with van der Waals surface area (Å²) in [4.78, 5) is 0. The fraction of sp³-hybridized carbons (Fsp3) is 0.190. The zero-order chi connectivity index (χ0) is 17.4. The molecule has 0 saturated carbocycles. The summed E-state index contributed by atoms with van der Waals surface area (Å²) in [6, 6.07) is 6.69. The van der Waals surface area contributed by atoms with Crippen LogP contribution in [0.3, 0.4) is 0 Å². The molecular formula is C21H18F2IrN-. The van der Waals surface area contributed by atoms with Gasteiger partial charge in [-0.1, -0.05) is 31.5 Å². The van der Waals surface area contributed by atoms with Crippen LogP contribution in [0.1, 0.15) is 36.1 Å². The second kappa shape index (κ2) is 5.55. The Bertz CT molecular complexity index is 1040. The Morgan fingerprint density at radius 1 is 1.12 bits per heavy atom. The van der Waals surface area contributed by atoms with E-state index in [-0.39, 0.29) is 31.7 Å². The third kappa shape index (κ3) is 2.17. The molecule has 1 heterocycles. The Labute approximate surface area is 160 Å². The first-order valence-electron chi connectivity index (χ1n) is 7.89. The standard InChI is InChI=1S/C21H18F2N.Ir/c1-11-6-7-15(22)18-16(11)20-17-13(8-9-24(20)5)19(23)12(2)10-14(17)21(18,3)4;/h6-10H,1,5H2,2-4H3;/q-1;. The van der Waals surface area contributed by atoms with Crippen LogP contribution >= 0.6 is 0 Å². The molecule has 25 heavy (non-hydrogen) atoms. The average Bonchev–Trinajstić information content (AvgIpc) is 2.52. The Morgan fingerprint density at radius 2 is 1.80 bits per heavy atom. The minimum Gasteiger partial charge on any atom is -0.343 e. The van der Waals surface area contributed by atoms with Crippen molar-refractivity contribution in [2.75, 3.05) is 0 Å². The van der Waals surface area contributed by atoms with Crippen LogP contribution in [-0.4, -0.2) is 0 Å². The number of benzene rings is 2. The summed E-state index contributed by atoms with van der Waals surface area (Å²) in [6.07, 6.45) is 1.72. The largest absolute Gasteiger partial charge is 0.343 e. The molecule has 1 nitrogen and oxygen atoms in total. The molecule has 0 N–H and O–H groups in total. The van der Waals surface area contributed by atoms with Crippen LogP contribution in [0.5, 0.6) is 0 Å². The van der Waals surface area contributed by atoms with Crippen LogP contribution in [0.15, 0.2) is 30.5 Å². The monoisotopic (exact) mass is 515 g/mol. The molecule has 1 aromatic heterocycles. The number of aryl methyl sites for hydroxylation is 1. The van der Waals surface area contributed by atoms with E-state index in [0.717, 1.165) is 27.8 Å². The minimum absolute atomic E-state index is 0. The fourth-order valence-corrected chi connectivity index (χ4v) is 4.01. The molecule has 0 aliphatic heterocycles. The Balaban J connectivity index is 0.00000182. The Kier molecular flexibility index (Phi) is 3.98. The van der Waals surface area contributed by atoms with Gasteiger partial charge in [0.2, 0.25) is 0 Å². The third-order valence-corrected chi connectivity index (χ3v) is 5.20. The molecule has 4 rings (SSSR count). The van der Waals surface area contributed by atoms with Gasteiger partial charge in [-0.05, 0) is 29.5 Å². The van der Waals surface area contributed by atoms with E-state index in [4.69, 9.17) is 0 Å². The average molecular weight is 515 g/mol. The molecular weight excluding hydrogens is 496 g/mol. The number of aromatic nitrogens is 1. The van der Waals surface area contributed by atoms with E-state index in [9.17, 15) is 8.78 Å². The van der Waals surface area contributed by atoms with Gasteiger partial charge in [0.05, 0.1) is 11.9 Å². The van der Waals surface area contributed by atoms with Gasteiger partial charge in [-0.2, -0.15) is 18.6 Å². The predicted molar refractivity (Wildman–Crippen MR) is 91.6 cm³/mol. The number of hydrogen-bond acceptors (Lipinski definition) is 0. The van der Waals surface area contributed by atoms with Gasteiger partial charge in [-0.15, -0.1) is 5.56 Å². The molecule has 0 fully saturated rings. The van der Waals surface area contributed by atoms with Crippen molar-refractivity contribution in [1.29, 1.82) is 0 Å². The molecule has 0 atom stereocenters. The number of halogens is 2. The molecule has 3 aromatic rings. The summed E-state index contributed by atoms with van der Waals surface area (Å²) in [5.41, 5.74) is 3.64. The molecule has 1 aliphatic carbocycles. The third-order valence-electron chi connectivity index (χ3n) is 5.20. The van der Waals surface area contributed by atoms with Crippen molar-refractivity contribution in [2.45, 2.75) is 26.2 Å². The number of pyridine rings is 1. The molecule has 0 spiro atoms. The first kappa shape index (κ1) is 17.9. The summed E-state index contributed by atoms with van der Waals surface area (Å²) >= 11 is 0. The molecule has 0 saturated heterocycles. The molecule has 0 bridgehead atoms. The second-order valence-electron chi connectivity index (χ2n) is 7.06. The molecule has 0 unspecified atom stereocenters. The summed E-state index contributed by atoms with van der Waals surface area (Å²) in [5.74, 6) is -0.510. The van der Waals surface area contributed by atoms with E-state index in [0.29, 0.717) is 16.5 Å². The zero-order valence-electron chi connectivity index (χ0n) is 14.3. The van der Waals surface area contributed by atoms with E-state index in [1.54, 1.807) is 29.8 Å². The fourth-order valence-electron chi connectivity index (χ4n) is 4.01. The predicted octanol–water partition coefficient (Wildman–Crippen LogP) is 4.84. The molecule has 2 aromatic carbocycles. The molecule has 1 aliphatic rings. The van der Waals surface area contributed by atoms with Gasteiger partial charge < -0.3 is 4.57 Å². The quantitative estimate of drug-likeness (QED) is 0.299. The molecule has 4 heteroatoms. The van der Waals surface area contributed by atoms with Gasteiger partial charge >= 0.3 is 0 Å². The van der Waals surface area contributed by atoms with Gasteiger partial charge in [0, 0.05) is 38.0 Å². The molecule has 131 valence electrons. The SMILES string of the molecule is [CH2-]c1ccc(F)c2c1-c1c3c(cc(C)c(F)c3cc[n+]1[CH2-])C2(C)C.[Ir]. The van der Waals surface area contributed by atoms with Gasteiger partial charge in [-0.25, -0.2) is 8.78 Å². The normalized spacial score (nSPS) is 14.1. The van der Waals surface area contributed by atoms with Crippen molar-refractivity contribution in [3.8, 4) is 11.3 Å². The topological polar surface area (TPSA) is 3.88 Å². The van der Waals surface area contributed by atoms with Crippen LogP contribution in [0.25, 0.3) is 22.0 Å². The summed E-state index contributed by atoms with van der Waals surface area (Å²) in [5, 5.41) is 1.34. The summed E-state index contributed by atoms with van der Waals surface area (Å²) in [6.45, 7) is 9.78. The maximum atomic E-state index is 14.8. The molecule has 1 radical (unpaired) electrons. The van der Waals surface area contributed by atoms with Gasteiger partial charge in [0.15, 0.2) is 0 Å². The van der Waals surface area contributed by atoms with Crippen molar-refractivity contribution in [2.24, 2.45) is 0 Å². The van der Waals surface area contributed by atoms with Crippen molar-refractivity contribution in [3.63, 3.8) is 0 Å². The van der Waals surface area contributed by atoms with Gasteiger partial charge in [-0.3, -0.25) is 0 Å². The Hall–Kier alpha value is -1.90. The van der Waals surface area contributed by atoms with Crippen LogP contribution in [-0.2, 0) is 25.5 Å². The molecule has 0 amide bonds. The van der Waals surface area contributed by atoms with Crippen LogP contribution in [0.4, 0.5) is 8.78 Å². The van der Waals surface area contributed by atoms with Gasteiger partial charge in [0.1, 0.15) is 11.6 Å². The van der Waals surface area contributed by atoms with Crippen LogP contribution in [0, 0.1) is 32.5 Å². The maximum absolute atomic E-state index is 14.8. The van der Waals surface area contributed by atoms with Crippen LogP contribution in [0.2, 0.25) is 0 Å². The number of fused-ring (bicyclic) bond motifs is 2. The van der Waals surface area contributed by atoms with E-state index >= 15 is 0 Å². The van der Waals surface area contributed by atoms with E-state index in [1.807, 2.05) is 19.9 Å². The Morgan fingerprint density at radius 3 is 2.48 bits per heavy atom. The summed E-state index contributed by atoms with van der Waals surface area (Å²) < 4.78 is 31.2. The van der Waals surface area contributed by atoms with Crippen LogP contribution < -0.4 is 4.57 Å².